The summed E-state index contributed by atoms with van der Waals surface area (Å²) in [4.78, 5) is 12.6. The van der Waals surface area contributed by atoms with Crippen LogP contribution in [-0.4, -0.2) is 55.8 Å². The summed E-state index contributed by atoms with van der Waals surface area (Å²) < 4.78 is 33.9. The van der Waals surface area contributed by atoms with Crippen LogP contribution in [0.5, 0.6) is 5.75 Å². The fraction of sp³-hybridized carbons (Fsp3) is 0.368. The molecule has 0 amide bonds. The minimum Gasteiger partial charge on any atom is -0.496 e. The highest BCUT2D eigenvalue weighted by Crippen LogP contribution is 2.27. The number of rotatable bonds is 6. The maximum absolute atomic E-state index is 13.1. The Labute approximate surface area is 178 Å². The van der Waals surface area contributed by atoms with E-state index in [1.165, 1.54) is 16.4 Å². The molecule has 0 atom stereocenters. The van der Waals surface area contributed by atoms with Crippen LogP contribution in [0.3, 0.4) is 0 Å². The Morgan fingerprint density at radius 1 is 1.14 bits per heavy atom. The highest BCUT2D eigenvalue weighted by molar-refractivity contribution is 9.10. The van der Waals surface area contributed by atoms with Gasteiger partial charge in [0.2, 0.25) is 10.0 Å². The second kappa shape index (κ2) is 8.78. The number of nitrogens with zero attached hydrogens (tertiary/aromatic N) is 3. The summed E-state index contributed by atoms with van der Waals surface area (Å²) in [5, 5.41) is 11.0. The Kier molecular flexibility index (Phi) is 6.57. The Balaban J connectivity index is 1.73. The van der Waals surface area contributed by atoms with Gasteiger partial charge in [0.05, 0.1) is 16.9 Å². The molecular weight excluding hydrogens is 462 g/mol. The number of halogens is 1. The van der Waals surface area contributed by atoms with Gasteiger partial charge < -0.3 is 4.74 Å². The van der Waals surface area contributed by atoms with E-state index in [1.54, 1.807) is 14.0 Å². The van der Waals surface area contributed by atoms with Gasteiger partial charge >= 0.3 is 0 Å². The summed E-state index contributed by atoms with van der Waals surface area (Å²) in [5.41, 5.74) is 1.29. The van der Waals surface area contributed by atoms with Crippen molar-refractivity contribution in [2.24, 2.45) is 0 Å². The van der Waals surface area contributed by atoms with Crippen LogP contribution >= 0.6 is 15.9 Å². The third-order valence-electron chi connectivity index (χ3n) is 4.97. The number of benzene rings is 2. The summed E-state index contributed by atoms with van der Waals surface area (Å²) in [7, 11) is -2.17. The Bertz CT molecular complexity index is 1020. The third kappa shape index (κ3) is 4.77. The van der Waals surface area contributed by atoms with Crippen molar-refractivity contribution in [1.29, 1.82) is 0 Å². The fourth-order valence-electron chi connectivity index (χ4n) is 3.36. The molecule has 10 heteroatoms. The first-order valence-corrected chi connectivity index (χ1v) is 11.3. The third-order valence-corrected chi connectivity index (χ3v) is 7.50. The van der Waals surface area contributed by atoms with Gasteiger partial charge in [0.1, 0.15) is 5.75 Å². The minimum atomic E-state index is -3.79. The SMILES string of the molecule is COc1ccc(Br)cc1CN1CCN(S(=O)(=O)c2cc([N+](=O)[O-])ccc2C)CC1. The topological polar surface area (TPSA) is 93.0 Å². The maximum Gasteiger partial charge on any atom is 0.270 e. The van der Waals surface area contributed by atoms with Gasteiger partial charge in [0, 0.05) is 54.9 Å². The van der Waals surface area contributed by atoms with Gasteiger partial charge in [0.15, 0.2) is 0 Å². The average Bonchev–Trinajstić information content (AvgIpc) is 2.68. The van der Waals surface area contributed by atoms with Crippen LogP contribution in [0.15, 0.2) is 45.8 Å². The van der Waals surface area contributed by atoms with Gasteiger partial charge in [-0.3, -0.25) is 15.0 Å². The van der Waals surface area contributed by atoms with Gasteiger partial charge in [-0.15, -0.1) is 0 Å². The molecule has 2 aromatic carbocycles. The highest BCUT2D eigenvalue weighted by Gasteiger charge is 2.31. The highest BCUT2D eigenvalue weighted by atomic mass is 79.9. The standard InChI is InChI=1S/C19H22BrN3O5S/c1-14-3-5-17(23(24)25)12-19(14)29(26,27)22-9-7-21(8-10-22)13-15-11-16(20)4-6-18(15)28-2/h3-6,11-12H,7-10,13H2,1-2H3. The quantitative estimate of drug-likeness (QED) is 0.462. The van der Waals surface area contributed by atoms with Gasteiger partial charge in [-0.1, -0.05) is 22.0 Å². The van der Waals surface area contributed by atoms with Crippen molar-refractivity contribution in [1.82, 2.24) is 9.21 Å². The van der Waals surface area contributed by atoms with E-state index < -0.39 is 14.9 Å². The number of nitro groups is 1. The average molecular weight is 484 g/mol. The lowest BCUT2D eigenvalue weighted by Crippen LogP contribution is -2.48. The van der Waals surface area contributed by atoms with E-state index >= 15 is 0 Å². The minimum absolute atomic E-state index is 0.00573. The van der Waals surface area contributed by atoms with Crippen molar-refractivity contribution < 1.29 is 18.1 Å². The number of non-ortho nitro benzene ring substituents is 1. The lowest BCUT2D eigenvalue weighted by Gasteiger charge is -2.34. The lowest BCUT2D eigenvalue weighted by atomic mass is 10.2. The van der Waals surface area contributed by atoms with Crippen molar-refractivity contribution in [3.63, 3.8) is 0 Å². The van der Waals surface area contributed by atoms with Crippen molar-refractivity contribution in [2.75, 3.05) is 33.3 Å². The van der Waals surface area contributed by atoms with Crippen LogP contribution in [0, 0.1) is 17.0 Å². The summed E-state index contributed by atoms with van der Waals surface area (Å²) >= 11 is 3.46. The summed E-state index contributed by atoms with van der Waals surface area (Å²) in [5.74, 6) is 0.787. The Morgan fingerprint density at radius 2 is 1.83 bits per heavy atom. The van der Waals surface area contributed by atoms with Crippen molar-refractivity contribution in [3.8, 4) is 5.75 Å². The molecule has 1 aliphatic heterocycles. The molecule has 156 valence electrons. The predicted molar refractivity (Wildman–Crippen MR) is 113 cm³/mol. The normalized spacial score (nSPS) is 16.0. The molecular formula is C19H22BrN3O5S. The van der Waals surface area contributed by atoms with Crippen molar-refractivity contribution >= 4 is 31.6 Å². The van der Waals surface area contributed by atoms with Crippen LogP contribution in [0.2, 0.25) is 0 Å². The molecule has 0 unspecified atom stereocenters. The predicted octanol–water partition coefficient (Wildman–Crippen LogP) is 3.18. The zero-order valence-corrected chi connectivity index (χ0v) is 18.6. The molecule has 1 aliphatic rings. The molecule has 3 rings (SSSR count). The Morgan fingerprint density at radius 3 is 2.45 bits per heavy atom. The van der Waals surface area contributed by atoms with Gasteiger partial charge in [-0.2, -0.15) is 4.31 Å². The first-order chi connectivity index (χ1) is 13.7. The number of nitro benzene ring substituents is 1. The van der Waals surface area contributed by atoms with Crippen LogP contribution in [-0.2, 0) is 16.6 Å². The van der Waals surface area contributed by atoms with Crippen LogP contribution in [0.1, 0.15) is 11.1 Å². The molecule has 1 saturated heterocycles. The summed E-state index contributed by atoms with van der Waals surface area (Å²) in [6, 6.07) is 9.73. The summed E-state index contributed by atoms with van der Waals surface area (Å²) in [6.07, 6.45) is 0. The molecule has 2 aromatic rings. The summed E-state index contributed by atoms with van der Waals surface area (Å²) in [6.45, 7) is 4.05. The van der Waals surface area contributed by atoms with E-state index in [1.807, 2.05) is 18.2 Å². The number of sulfonamides is 1. The zero-order valence-electron chi connectivity index (χ0n) is 16.2. The fourth-order valence-corrected chi connectivity index (χ4v) is 5.43. The van der Waals surface area contributed by atoms with E-state index in [2.05, 4.69) is 20.8 Å². The molecule has 0 N–H and O–H groups in total. The second-order valence-corrected chi connectivity index (χ2v) is 9.67. The van der Waals surface area contributed by atoms with E-state index in [0.717, 1.165) is 21.9 Å². The second-order valence-electron chi connectivity index (χ2n) is 6.84. The van der Waals surface area contributed by atoms with E-state index in [9.17, 15) is 18.5 Å². The van der Waals surface area contributed by atoms with Gasteiger partial charge in [0.25, 0.3) is 5.69 Å². The van der Waals surface area contributed by atoms with Gasteiger partial charge in [-0.05, 0) is 30.7 Å². The van der Waals surface area contributed by atoms with Crippen LogP contribution < -0.4 is 4.74 Å². The first kappa shape index (κ1) is 21.7. The lowest BCUT2D eigenvalue weighted by molar-refractivity contribution is -0.385. The number of methoxy groups -OCH3 is 1. The van der Waals surface area contributed by atoms with E-state index in [0.29, 0.717) is 38.3 Å². The van der Waals surface area contributed by atoms with Gasteiger partial charge in [-0.25, -0.2) is 8.42 Å². The number of piperazine rings is 1. The molecule has 29 heavy (non-hydrogen) atoms. The number of hydrogen-bond acceptors (Lipinski definition) is 6. The Hall–Kier alpha value is -2.01. The number of hydrogen-bond donors (Lipinski definition) is 0. The van der Waals surface area contributed by atoms with E-state index in [4.69, 9.17) is 4.74 Å². The smallest absolute Gasteiger partial charge is 0.270 e. The van der Waals surface area contributed by atoms with Crippen molar-refractivity contribution in [2.45, 2.75) is 18.4 Å². The first-order valence-electron chi connectivity index (χ1n) is 9.02. The van der Waals surface area contributed by atoms with Crippen LogP contribution in [0.4, 0.5) is 5.69 Å². The molecule has 1 fully saturated rings. The molecule has 0 bridgehead atoms. The molecule has 0 aliphatic carbocycles. The molecule has 0 spiro atoms. The number of aryl methyl sites for hydroxylation is 1. The number of ether oxygens (including phenoxy) is 1. The monoisotopic (exact) mass is 483 g/mol. The maximum atomic E-state index is 13.1. The van der Waals surface area contributed by atoms with Crippen molar-refractivity contribution in [3.05, 3.63) is 62.1 Å². The molecule has 1 heterocycles. The van der Waals surface area contributed by atoms with Crippen LogP contribution in [0.25, 0.3) is 0 Å². The molecule has 0 aromatic heterocycles. The molecule has 0 radical (unpaired) electrons. The molecule has 8 nitrogen and oxygen atoms in total. The zero-order chi connectivity index (χ0) is 21.2. The largest absolute Gasteiger partial charge is 0.496 e. The molecule has 0 saturated carbocycles. The van der Waals surface area contributed by atoms with E-state index in [-0.39, 0.29) is 10.6 Å².